The zero-order valence-electron chi connectivity index (χ0n) is 18.3. The summed E-state index contributed by atoms with van der Waals surface area (Å²) in [4.78, 5) is 20.5. The minimum absolute atomic E-state index is 0.290. The third kappa shape index (κ3) is 6.07. The van der Waals surface area contributed by atoms with Gasteiger partial charge < -0.3 is 23.4 Å². The number of ether oxygens (including phenoxy) is 4. The number of esters is 1. The molecule has 2 heterocycles. The van der Waals surface area contributed by atoms with Gasteiger partial charge in [0.15, 0.2) is 32.6 Å². The highest BCUT2D eigenvalue weighted by Gasteiger charge is 2.58. The molecule has 1 aromatic carbocycles. The van der Waals surface area contributed by atoms with Crippen molar-refractivity contribution in [1.29, 1.82) is 0 Å². The van der Waals surface area contributed by atoms with Crippen molar-refractivity contribution in [3.63, 3.8) is 0 Å². The van der Waals surface area contributed by atoms with Crippen LogP contribution in [0.2, 0.25) is 19.6 Å². The van der Waals surface area contributed by atoms with Gasteiger partial charge in [0.2, 0.25) is 0 Å². The number of hydrogen-bond donors (Lipinski definition) is 0. The summed E-state index contributed by atoms with van der Waals surface area (Å²) in [7, 11) is -1.82. The highest BCUT2D eigenvalue weighted by atomic mass is 28.4. The largest absolute Gasteiger partial charge is 0.457 e. The van der Waals surface area contributed by atoms with Gasteiger partial charge in [0.05, 0.1) is 18.3 Å². The molecule has 2 aliphatic heterocycles. The van der Waals surface area contributed by atoms with E-state index in [2.05, 4.69) is 35.6 Å². The van der Waals surface area contributed by atoms with Crippen molar-refractivity contribution in [3.8, 4) is 0 Å². The Bertz CT molecular complexity index is 803. The second-order valence-corrected chi connectivity index (χ2v) is 13.3. The molecule has 8 nitrogen and oxygen atoms in total. The van der Waals surface area contributed by atoms with E-state index in [1.807, 2.05) is 30.3 Å². The Hall–Kier alpha value is -1.87. The summed E-state index contributed by atoms with van der Waals surface area (Å²) in [5.74, 6) is -1.24. The maximum absolute atomic E-state index is 11.8. The Morgan fingerprint density at radius 1 is 1.23 bits per heavy atom. The lowest BCUT2D eigenvalue weighted by Crippen LogP contribution is -2.45. The average Bonchev–Trinajstić information content (AvgIpc) is 3.10. The number of carbonyl (C=O) groups excluding carboxylic acids is 1. The molecule has 0 bridgehead atoms. The van der Waals surface area contributed by atoms with Gasteiger partial charge in [-0.25, -0.2) is 4.99 Å². The number of aliphatic imine (C=N–C) groups is 2. The summed E-state index contributed by atoms with van der Waals surface area (Å²) >= 11 is 0. The van der Waals surface area contributed by atoms with Gasteiger partial charge in [-0.05, 0) is 45.6 Å². The molecule has 0 spiro atoms. The predicted octanol–water partition coefficient (Wildman–Crippen LogP) is 3.52. The lowest BCUT2D eigenvalue weighted by atomic mass is 10.0. The Morgan fingerprint density at radius 2 is 1.93 bits per heavy atom. The molecule has 30 heavy (non-hydrogen) atoms. The molecule has 0 N–H and O–H groups in total. The summed E-state index contributed by atoms with van der Waals surface area (Å²) in [6.45, 7) is 11.5. The molecule has 0 unspecified atom stereocenters. The van der Waals surface area contributed by atoms with E-state index in [0.29, 0.717) is 0 Å². The van der Waals surface area contributed by atoms with Gasteiger partial charge in [-0.1, -0.05) is 18.2 Å². The maximum Gasteiger partial charge on any atom is 0.303 e. The van der Waals surface area contributed by atoms with Crippen molar-refractivity contribution in [2.45, 2.75) is 76.8 Å². The van der Waals surface area contributed by atoms with E-state index >= 15 is 0 Å². The number of fused-ring (bicyclic) bond motifs is 1. The first kappa shape index (κ1) is 22.8. The van der Waals surface area contributed by atoms with E-state index in [1.165, 1.54) is 6.92 Å². The molecule has 0 aliphatic carbocycles. The molecule has 164 valence electrons. The Kier molecular flexibility index (Phi) is 6.91. The van der Waals surface area contributed by atoms with Crippen LogP contribution >= 0.6 is 0 Å². The number of nitrogens with zero attached hydrogens (tertiary/aromatic N) is 2. The second-order valence-electron chi connectivity index (χ2n) is 8.81. The van der Waals surface area contributed by atoms with Crippen LogP contribution in [0.1, 0.15) is 20.8 Å². The van der Waals surface area contributed by atoms with E-state index in [1.54, 1.807) is 13.8 Å². The number of benzene rings is 1. The second kappa shape index (κ2) is 9.09. The Labute approximate surface area is 178 Å². The fourth-order valence-electron chi connectivity index (χ4n) is 3.34. The lowest BCUT2D eigenvalue weighted by Gasteiger charge is -2.29. The number of carbonyl (C=O) groups is 1. The molecule has 2 aliphatic rings. The van der Waals surface area contributed by atoms with Gasteiger partial charge in [0, 0.05) is 6.92 Å². The normalized spacial score (nSPS) is 28.3. The van der Waals surface area contributed by atoms with Crippen LogP contribution in [0.3, 0.4) is 0 Å². The topological polar surface area (TPSA) is 87.9 Å². The van der Waals surface area contributed by atoms with E-state index in [4.69, 9.17) is 23.4 Å². The number of para-hydroxylation sites is 1. The number of hydrogen-bond acceptors (Lipinski definition) is 8. The summed E-state index contributed by atoms with van der Waals surface area (Å²) in [6.07, 6.45) is -2.46. The highest BCUT2D eigenvalue weighted by molar-refractivity contribution is 6.69. The van der Waals surface area contributed by atoms with Crippen molar-refractivity contribution in [2.24, 2.45) is 9.98 Å². The summed E-state index contributed by atoms with van der Waals surface area (Å²) in [6, 6.07) is 11.7. The standard InChI is InChI=1S/C21H30N2O6Si/c1-14(24)26-18-17(27-20-19(18)28-21(2,3)29-20)16(12-25-30(4,5)6)23-13-22-15-10-8-7-9-11-15/h7-11,16-20H,12H2,1-6H3/t16-,17-,18-,19-,20-/m1/s1. The average molecular weight is 435 g/mol. The van der Waals surface area contributed by atoms with Crippen molar-refractivity contribution in [2.75, 3.05) is 6.61 Å². The molecule has 3 rings (SSSR count). The van der Waals surface area contributed by atoms with E-state index < -0.39 is 50.7 Å². The quantitative estimate of drug-likeness (QED) is 0.371. The Morgan fingerprint density at radius 3 is 2.57 bits per heavy atom. The van der Waals surface area contributed by atoms with Crippen LogP contribution in [0.4, 0.5) is 5.69 Å². The molecule has 2 saturated heterocycles. The van der Waals surface area contributed by atoms with Crippen LogP contribution in [-0.2, 0) is 28.2 Å². The van der Waals surface area contributed by atoms with Crippen LogP contribution < -0.4 is 0 Å². The molecular formula is C21H30N2O6Si. The minimum Gasteiger partial charge on any atom is -0.457 e. The van der Waals surface area contributed by atoms with Crippen molar-refractivity contribution >= 4 is 26.0 Å². The molecule has 5 atom stereocenters. The van der Waals surface area contributed by atoms with Crippen LogP contribution in [-0.4, -0.2) is 63.3 Å². The monoisotopic (exact) mass is 434 g/mol. The fourth-order valence-corrected chi connectivity index (χ4v) is 4.01. The van der Waals surface area contributed by atoms with Gasteiger partial charge in [0.25, 0.3) is 0 Å². The van der Waals surface area contributed by atoms with Crippen molar-refractivity contribution in [3.05, 3.63) is 30.3 Å². The molecule has 1 aromatic rings. The summed E-state index contributed by atoms with van der Waals surface area (Å²) in [5.41, 5.74) is 0.736. The predicted molar refractivity (Wildman–Crippen MR) is 113 cm³/mol. The molecular weight excluding hydrogens is 404 g/mol. The molecule has 0 saturated carbocycles. The smallest absolute Gasteiger partial charge is 0.303 e. The lowest BCUT2D eigenvalue weighted by molar-refractivity contribution is -0.221. The maximum atomic E-state index is 11.8. The van der Waals surface area contributed by atoms with Crippen LogP contribution in [0.25, 0.3) is 0 Å². The molecule has 0 amide bonds. The van der Waals surface area contributed by atoms with Crippen LogP contribution in [0.15, 0.2) is 40.3 Å². The first-order valence-electron chi connectivity index (χ1n) is 10.1. The minimum atomic E-state index is -1.82. The van der Waals surface area contributed by atoms with Gasteiger partial charge >= 0.3 is 5.97 Å². The third-order valence-electron chi connectivity index (χ3n) is 4.55. The molecule has 9 heteroatoms. The zero-order valence-corrected chi connectivity index (χ0v) is 19.3. The zero-order chi connectivity index (χ0) is 21.9. The van der Waals surface area contributed by atoms with Gasteiger partial charge in [-0.15, -0.1) is 0 Å². The van der Waals surface area contributed by atoms with Crippen molar-refractivity contribution < 1.29 is 28.2 Å². The van der Waals surface area contributed by atoms with E-state index in [-0.39, 0.29) is 6.61 Å². The first-order valence-corrected chi connectivity index (χ1v) is 13.5. The number of rotatable bonds is 7. The van der Waals surface area contributed by atoms with Crippen molar-refractivity contribution in [1.82, 2.24) is 0 Å². The van der Waals surface area contributed by atoms with Gasteiger partial charge in [-0.3, -0.25) is 4.79 Å². The van der Waals surface area contributed by atoms with E-state index in [9.17, 15) is 4.79 Å². The fraction of sp³-hybridized carbons (Fsp3) is 0.619. The molecule has 0 aromatic heterocycles. The summed E-state index contributed by atoms with van der Waals surface area (Å²) < 4.78 is 29.5. The third-order valence-corrected chi connectivity index (χ3v) is 5.59. The van der Waals surface area contributed by atoms with Crippen LogP contribution in [0.5, 0.6) is 0 Å². The SMILES string of the molecule is CC(=O)O[C@H]1[C@H]2OC(C)(C)O[C@H]2O[C@@H]1[C@@H](CO[Si](C)(C)C)N=C=Nc1ccccc1. The van der Waals surface area contributed by atoms with Crippen LogP contribution in [0, 0.1) is 0 Å². The summed E-state index contributed by atoms with van der Waals surface area (Å²) in [5, 5.41) is 0. The molecule has 0 radical (unpaired) electrons. The van der Waals surface area contributed by atoms with Gasteiger partial charge in [0.1, 0.15) is 12.1 Å². The highest BCUT2D eigenvalue weighted by Crippen LogP contribution is 2.40. The molecule has 2 fully saturated rings. The first-order chi connectivity index (χ1) is 14.0. The van der Waals surface area contributed by atoms with E-state index in [0.717, 1.165) is 5.69 Å². The van der Waals surface area contributed by atoms with Gasteiger partial charge in [-0.2, -0.15) is 4.99 Å². The Balaban J connectivity index is 1.85.